The van der Waals surface area contributed by atoms with E-state index in [2.05, 4.69) is 38.0 Å². The van der Waals surface area contributed by atoms with Crippen molar-refractivity contribution in [1.29, 1.82) is 0 Å². The Morgan fingerprint density at radius 3 is 2.30 bits per heavy atom. The van der Waals surface area contributed by atoms with Crippen LogP contribution in [0, 0.1) is 11.6 Å². The number of ether oxygens (including phenoxy) is 1. The van der Waals surface area contributed by atoms with Gasteiger partial charge < -0.3 is 24.1 Å². The number of halogens is 3. The lowest BCUT2D eigenvalue weighted by atomic mass is 9.79. The van der Waals surface area contributed by atoms with E-state index in [4.69, 9.17) is 35.7 Å². The molecule has 2 saturated heterocycles. The Kier molecular flexibility index (Phi) is 10.8. The summed E-state index contributed by atoms with van der Waals surface area (Å²) in [4.78, 5) is 9.58. The van der Waals surface area contributed by atoms with Gasteiger partial charge in [-0.15, -0.1) is 5.10 Å². The maximum absolute atomic E-state index is 12.5. The van der Waals surface area contributed by atoms with Crippen molar-refractivity contribution in [2.75, 3.05) is 6.61 Å². The zero-order valence-corrected chi connectivity index (χ0v) is 24.0. The van der Waals surface area contributed by atoms with Crippen molar-refractivity contribution < 1.29 is 37.7 Å². The zero-order chi connectivity index (χ0) is 29.7. The highest BCUT2D eigenvalue weighted by Gasteiger charge is 2.51. The minimum Gasteiger partial charge on any atom is -0.423 e. The molecule has 40 heavy (non-hydrogen) atoms. The molecule has 216 valence electrons. The number of aromatic nitrogens is 3. The molecule has 3 aromatic rings. The number of hydrogen-bond donors (Lipinski definition) is 2. The average Bonchev–Trinajstić information content (AvgIpc) is 3.41. The van der Waals surface area contributed by atoms with Gasteiger partial charge in [-0.2, -0.15) is 0 Å². The van der Waals surface area contributed by atoms with Crippen molar-refractivity contribution in [1.82, 2.24) is 15.0 Å². The molecule has 2 aromatic carbocycles. The minimum absolute atomic E-state index is 0.00792. The van der Waals surface area contributed by atoms with Crippen molar-refractivity contribution in [2.24, 2.45) is 0 Å². The van der Waals surface area contributed by atoms with E-state index in [1.165, 1.54) is 0 Å². The fourth-order valence-electron chi connectivity index (χ4n) is 3.92. The predicted octanol–water partition coefficient (Wildman–Crippen LogP) is 3.24. The van der Waals surface area contributed by atoms with Gasteiger partial charge in [0.25, 0.3) is 0 Å². The molecule has 3 heterocycles. The summed E-state index contributed by atoms with van der Waals surface area (Å²) >= 11 is 4.82. The van der Waals surface area contributed by atoms with E-state index in [1.807, 2.05) is 22.9 Å². The number of carbonyl (C=O) groups is 1. The number of fused-ring (bicyclic) bond motifs is 1. The maximum Gasteiger partial charge on any atom is 0.494 e. The van der Waals surface area contributed by atoms with Gasteiger partial charge in [0.1, 0.15) is 17.2 Å². The zero-order valence-electron chi connectivity index (χ0n) is 23.2. The lowest BCUT2D eigenvalue weighted by molar-refractivity contribution is -0.111. The molecule has 0 radical (unpaired) electrons. The molecule has 2 aliphatic heterocycles. The Balaban J connectivity index is 0.000000229. The van der Waals surface area contributed by atoms with E-state index in [0.29, 0.717) is 12.5 Å². The third kappa shape index (κ3) is 7.86. The van der Waals surface area contributed by atoms with Crippen LogP contribution >= 0.6 is 11.6 Å². The third-order valence-electron chi connectivity index (χ3n) is 6.97. The van der Waals surface area contributed by atoms with Crippen LogP contribution in [0.4, 0.5) is 8.78 Å². The first-order valence-corrected chi connectivity index (χ1v) is 13.4. The van der Waals surface area contributed by atoms with Crippen LogP contribution in [0.15, 0.2) is 36.4 Å². The lowest BCUT2D eigenvalue weighted by Gasteiger charge is -2.32. The molecule has 0 bridgehead atoms. The number of nitrogens with zero attached hydrogens (tertiary/aromatic N) is 3. The standard InChI is InChI=1S/C17H24BN3O3.C6H5BF2O2.C3H5ClO/c1-16(2)17(3,4)24-18(23-16)12-8-9-14-13(11-12)19-20-21(14)15-7-5-6-10-22-15;8-4-1-2-5(7(10)11)6(9)3-4;1-2-3(4)5/h8-9,11,15H,5-7,10H2,1-4H3;1-3,10-11H;2H2,1H3. The van der Waals surface area contributed by atoms with Crippen molar-refractivity contribution >= 4 is 53.0 Å². The van der Waals surface area contributed by atoms with Crippen LogP contribution in [0.25, 0.3) is 11.0 Å². The topological polar surface area (TPSA) is 116 Å². The lowest BCUT2D eigenvalue weighted by Crippen LogP contribution is -2.41. The van der Waals surface area contributed by atoms with E-state index >= 15 is 0 Å². The first kappa shape index (κ1) is 32.1. The van der Waals surface area contributed by atoms with Crippen molar-refractivity contribution in [2.45, 2.75) is 77.7 Å². The van der Waals surface area contributed by atoms with Crippen LogP contribution in [0.3, 0.4) is 0 Å². The molecule has 0 aliphatic carbocycles. The summed E-state index contributed by atoms with van der Waals surface area (Å²) in [6.07, 6.45) is 3.69. The summed E-state index contributed by atoms with van der Waals surface area (Å²) in [5, 5.41) is 25.3. The SMILES string of the molecule is CC1(C)OB(c2ccc3c(c2)nnn3C2CCCCO2)OC1(C)C.CCC(=O)Cl.OB(O)c1ccc(F)cc1F. The Bertz CT molecular complexity index is 1290. The summed E-state index contributed by atoms with van der Waals surface area (Å²) in [6.45, 7) is 10.7. The smallest absolute Gasteiger partial charge is 0.423 e. The van der Waals surface area contributed by atoms with E-state index in [0.717, 1.165) is 54.5 Å². The van der Waals surface area contributed by atoms with Crippen molar-refractivity contribution in [3.8, 4) is 0 Å². The van der Waals surface area contributed by atoms with E-state index in [-0.39, 0.29) is 35.3 Å². The van der Waals surface area contributed by atoms with Gasteiger partial charge in [-0.25, -0.2) is 13.5 Å². The molecular weight excluding hydrogens is 545 g/mol. The largest absolute Gasteiger partial charge is 0.494 e. The summed E-state index contributed by atoms with van der Waals surface area (Å²) in [6, 6.07) is 8.60. The van der Waals surface area contributed by atoms with Crippen LogP contribution in [-0.4, -0.2) is 62.3 Å². The van der Waals surface area contributed by atoms with Crippen LogP contribution in [0.1, 0.15) is 66.5 Å². The molecular formula is C26H34B2ClF2N3O6. The average molecular weight is 580 g/mol. The summed E-state index contributed by atoms with van der Waals surface area (Å²) < 4.78 is 44.7. The van der Waals surface area contributed by atoms with Crippen molar-refractivity contribution in [3.05, 3.63) is 48.0 Å². The number of hydrogen-bond acceptors (Lipinski definition) is 8. The summed E-state index contributed by atoms with van der Waals surface area (Å²) in [7, 11) is -2.27. The Labute approximate surface area is 238 Å². The second-order valence-electron chi connectivity index (χ2n) is 10.4. The molecule has 1 unspecified atom stereocenters. The fourth-order valence-corrected chi connectivity index (χ4v) is 3.92. The molecule has 0 saturated carbocycles. The van der Waals surface area contributed by atoms with Gasteiger partial charge in [0, 0.05) is 24.6 Å². The molecule has 0 amide bonds. The highest BCUT2D eigenvalue weighted by molar-refractivity contribution is 6.63. The normalized spacial score (nSPS) is 19.4. The van der Waals surface area contributed by atoms with Crippen LogP contribution in [0.5, 0.6) is 0 Å². The highest BCUT2D eigenvalue weighted by atomic mass is 35.5. The van der Waals surface area contributed by atoms with Gasteiger partial charge in [-0.3, -0.25) is 4.79 Å². The first-order chi connectivity index (χ1) is 18.8. The summed E-state index contributed by atoms with van der Waals surface area (Å²) in [5.74, 6) is -1.70. The Morgan fingerprint density at radius 1 is 1.12 bits per heavy atom. The van der Waals surface area contributed by atoms with Gasteiger partial charge in [-0.1, -0.05) is 24.3 Å². The Hall–Kier alpha value is -2.41. The van der Waals surface area contributed by atoms with Crippen molar-refractivity contribution in [3.63, 3.8) is 0 Å². The third-order valence-corrected chi connectivity index (χ3v) is 7.23. The van der Waals surface area contributed by atoms with Gasteiger partial charge >= 0.3 is 14.2 Å². The second kappa shape index (κ2) is 13.5. The summed E-state index contributed by atoms with van der Waals surface area (Å²) in [5.41, 5.74) is 1.78. The van der Waals surface area contributed by atoms with E-state index in [1.54, 1.807) is 6.92 Å². The minimum atomic E-state index is -1.89. The quantitative estimate of drug-likeness (QED) is 0.358. The van der Waals surface area contributed by atoms with Crippen LogP contribution in [0.2, 0.25) is 0 Å². The first-order valence-electron chi connectivity index (χ1n) is 13.1. The van der Waals surface area contributed by atoms with Gasteiger partial charge in [-0.05, 0) is 82.2 Å². The molecule has 5 rings (SSSR count). The predicted molar refractivity (Wildman–Crippen MR) is 149 cm³/mol. The van der Waals surface area contributed by atoms with E-state index in [9.17, 15) is 13.6 Å². The van der Waals surface area contributed by atoms with Crippen LogP contribution < -0.4 is 10.9 Å². The van der Waals surface area contributed by atoms with Gasteiger partial charge in [0.15, 0.2) is 6.23 Å². The number of rotatable bonds is 4. The monoisotopic (exact) mass is 579 g/mol. The fraction of sp³-hybridized carbons (Fsp3) is 0.500. The van der Waals surface area contributed by atoms with Gasteiger partial charge in [0.2, 0.25) is 5.24 Å². The molecule has 2 N–H and O–H groups in total. The number of benzene rings is 2. The van der Waals surface area contributed by atoms with E-state index < -0.39 is 18.8 Å². The maximum atomic E-state index is 12.5. The molecule has 2 fully saturated rings. The molecule has 1 atom stereocenters. The van der Waals surface area contributed by atoms with Crippen LogP contribution in [-0.2, 0) is 18.8 Å². The molecule has 2 aliphatic rings. The Morgan fingerprint density at radius 2 is 1.77 bits per heavy atom. The molecule has 0 spiro atoms. The molecule has 14 heteroatoms. The van der Waals surface area contributed by atoms with Gasteiger partial charge in [0.05, 0.1) is 16.7 Å². The molecule has 1 aromatic heterocycles. The number of carbonyl (C=O) groups excluding carboxylic acids is 1. The second-order valence-corrected chi connectivity index (χ2v) is 10.9. The highest BCUT2D eigenvalue weighted by Crippen LogP contribution is 2.36. The molecule has 9 nitrogen and oxygen atoms in total.